The van der Waals surface area contributed by atoms with Crippen LogP contribution >= 0.6 is 0 Å². The lowest BCUT2D eigenvalue weighted by Gasteiger charge is -2.10. The van der Waals surface area contributed by atoms with E-state index in [1.54, 1.807) is 0 Å². The Morgan fingerprint density at radius 1 is 1.09 bits per heavy atom. The maximum Gasteiger partial charge on any atom is -0.00746 e. The highest BCUT2D eigenvalue weighted by molar-refractivity contribution is 4.55. The van der Waals surface area contributed by atoms with Crippen LogP contribution in [0.5, 0.6) is 0 Å². The van der Waals surface area contributed by atoms with Gasteiger partial charge >= 0.3 is 0 Å². The molecule has 0 saturated carbocycles. The van der Waals surface area contributed by atoms with Gasteiger partial charge in [-0.3, -0.25) is 0 Å². The second kappa shape index (κ2) is 12.6. The SMILES string of the molecule is CC.CCCC(CC)CCN. The van der Waals surface area contributed by atoms with E-state index in [-0.39, 0.29) is 0 Å². The molecule has 0 aromatic rings. The Balaban J connectivity index is 0. The van der Waals surface area contributed by atoms with Gasteiger partial charge in [0, 0.05) is 0 Å². The largest absolute Gasteiger partial charge is 0.330 e. The number of nitrogens with two attached hydrogens (primary N) is 1. The average Bonchev–Trinajstić information content (AvgIpc) is 2.08. The van der Waals surface area contributed by atoms with Crippen molar-refractivity contribution in [3.05, 3.63) is 0 Å². The third kappa shape index (κ3) is 9.96. The highest BCUT2D eigenvalue weighted by Crippen LogP contribution is 2.13. The number of rotatable bonds is 5. The van der Waals surface area contributed by atoms with Gasteiger partial charge in [0.15, 0.2) is 0 Å². The first-order valence-corrected chi connectivity index (χ1v) is 5.05. The predicted molar refractivity (Wildman–Crippen MR) is 53.7 cm³/mol. The maximum atomic E-state index is 5.44. The van der Waals surface area contributed by atoms with Crippen molar-refractivity contribution in [3.63, 3.8) is 0 Å². The van der Waals surface area contributed by atoms with Crippen LogP contribution in [0.25, 0.3) is 0 Å². The fraction of sp³-hybridized carbons (Fsp3) is 1.00. The highest BCUT2D eigenvalue weighted by atomic mass is 14.5. The van der Waals surface area contributed by atoms with Gasteiger partial charge < -0.3 is 5.73 Å². The number of hydrogen-bond acceptors (Lipinski definition) is 1. The van der Waals surface area contributed by atoms with Gasteiger partial charge in [-0.05, 0) is 18.9 Å². The maximum absolute atomic E-state index is 5.44. The Hall–Kier alpha value is -0.0400. The Kier molecular flexibility index (Phi) is 15.5. The van der Waals surface area contributed by atoms with E-state index in [1.165, 1.54) is 25.7 Å². The highest BCUT2D eigenvalue weighted by Gasteiger charge is 2.01. The standard InChI is InChI=1S/C8H19N.C2H6/c1-3-5-8(4-2)6-7-9;1-2/h8H,3-7,9H2,1-2H3;1-2H3. The third-order valence-electron chi connectivity index (χ3n) is 1.85. The Morgan fingerprint density at radius 3 is 1.91 bits per heavy atom. The molecule has 0 amide bonds. The number of hydrogen-bond donors (Lipinski definition) is 1. The molecule has 0 radical (unpaired) electrons. The Labute approximate surface area is 72.4 Å². The van der Waals surface area contributed by atoms with Crippen LogP contribution in [0, 0.1) is 5.92 Å². The molecular formula is C10H25N. The summed E-state index contributed by atoms with van der Waals surface area (Å²) in [6.07, 6.45) is 5.17. The molecule has 0 aliphatic carbocycles. The van der Waals surface area contributed by atoms with Crippen molar-refractivity contribution in [3.8, 4) is 0 Å². The zero-order valence-corrected chi connectivity index (χ0v) is 8.69. The molecule has 0 spiro atoms. The van der Waals surface area contributed by atoms with Crippen molar-refractivity contribution in [2.24, 2.45) is 11.7 Å². The van der Waals surface area contributed by atoms with Crippen molar-refractivity contribution < 1.29 is 0 Å². The summed E-state index contributed by atoms with van der Waals surface area (Å²) in [5, 5.41) is 0. The summed E-state index contributed by atoms with van der Waals surface area (Å²) >= 11 is 0. The lowest BCUT2D eigenvalue weighted by atomic mass is 9.97. The van der Waals surface area contributed by atoms with Crippen LogP contribution in [0.2, 0.25) is 0 Å². The van der Waals surface area contributed by atoms with E-state index in [0.717, 1.165) is 12.5 Å². The summed E-state index contributed by atoms with van der Waals surface area (Å²) in [5.41, 5.74) is 5.44. The van der Waals surface area contributed by atoms with E-state index < -0.39 is 0 Å². The van der Waals surface area contributed by atoms with Crippen molar-refractivity contribution >= 4 is 0 Å². The van der Waals surface area contributed by atoms with E-state index in [4.69, 9.17) is 5.73 Å². The van der Waals surface area contributed by atoms with Crippen LogP contribution in [-0.2, 0) is 0 Å². The van der Waals surface area contributed by atoms with Crippen LogP contribution in [0.15, 0.2) is 0 Å². The fourth-order valence-electron chi connectivity index (χ4n) is 1.20. The summed E-state index contributed by atoms with van der Waals surface area (Å²) in [6, 6.07) is 0. The Morgan fingerprint density at radius 2 is 1.64 bits per heavy atom. The lowest BCUT2D eigenvalue weighted by molar-refractivity contribution is 0.438. The monoisotopic (exact) mass is 159 g/mol. The topological polar surface area (TPSA) is 26.0 Å². The van der Waals surface area contributed by atoms with Gasteiger partial charge in [0.25, 0.3) is 0 Å². The second-order valence-electron chi connectivity index (χ2n) is 2.64. The summed E-state index contributed by atoms with van der Waals surface area (Å²) < 4.78 is 0. The quantitative estimate of drug-likeness (QED) is 0.655. The predicted octanol–water partition coefficient (Wildman–Crippen LogP) is 3.19. The van der Waals surface area contributed by atoms with Gasteiger partial charge in [-0.15, -0.1) is 0 Å². The molecule has 0 aliphatic rings. The van der Waals surface area contributed by atoms with Crippen LogP contribution in [-0.4, -0.2) is 6.54 Å². The van der Waals surface area contributed by atoms with Crippen LogP contribution < -0.4 is 5.73 Å². The zero-order chi connectivity index (χ0) is 9.11. The summed E-state index contributed by atoms with van der Waals surface area (Å²) in [4.78, 5) is 0. The summed E-state index contributed by atoms with van der Waals surface area (Å²) in [5.74, 6) is 0.889. The first-order valence-electron chi connectivity index (χ1n) is 5.05. The third-order valence-corrected chi connectivity index (χ3v) is 1.85. The molecule has 0 rings (SSSR count). The lowest BCUT2D eigenvalue weighted by Crippen LogP contribution is -2.07. The molecule has 1 unspecified atom stereocenters. The van der Waals surface area contributed by atoms with Crippen molar-refractivity contribution in [2.45, 2.75) is 53.4 Å². The van der Waals surface area contributed by atoms with E-state index in [2.05, 4.69) is 13.8 Å². The molecule has 0 aliphatic heterocycles. The molecular weight excluding hydrogens is 134 g/mol. The summed E-state index contributed by atoms with van der Waals surface area (Å²) in [6.45, 7) is 9.34. The Bertz CT molecular complexity index is 46.8. The minimum atomic E-state index is 0.860. The minimum absolute atomic E-state index is 0.860. The second-order valence-corrected chi connectivity index (χ2v) is 2.64. The molecule has 1 heteroatoms. The molecule has 0 aromatic heterocycles. The van der Waals surface area contributed by atoms with Crippen molar-refractivity contribution in [1.29, 1.82) is 0 Å². The van der Waals surface area contributed by atoms with E-state index in [1.807, 2.05) is 13.8 Å². The fourth-order valence-corrected chi connectivity index (χ4v) is 1.20. The van der Waals surface area contributed by atoms with Crippen LogP contribution in [0.3, 0.4) is 0 Å². The molecule has 0 heterocycles. The van der Waals surface area contributed by atoms with Gasteiger partial charge in [0.1, 0.15) is 0 Å². The molecule has 0 fully saturated rings. The van der Waals surface area contributed by atoms with Crippen molar-refractivity contribution in [2.75, 3.05) is 6.54 Å². The molecule has 2 N–H and O–H groups in total. The molecule has 0 aromatic carbocycles. The van der Waals surface area contributed by atoms with Gasteiger partial charge in [0.05, 0.1) is 0 Å². The first kappa shape index (κ1) is 13.5. The minimum Gasteiger partial charge on any atom is -0.330 e. The van der Waals surface area contributed by atoms with Gasteiger partial charge in [-0.25, -0.2) is 0 Å². The van der Waals surface area contributed by atoms with E-state index >= 15 is 0 Å². The van der Waals surface area contributed by atoms with Crippen LogP contribution in [0.1, 0.15) is 53.4 Å². The van der Waals surface area contributed by atoms with E-state index in [0.29, 0.717) is 0 Å². The van der Waals surface area contributed by atoms with Crippen molar-refractivity contribution in [1.82, 2.24) is 0 Å². The van der Waals surface area contributed by atoms with Gasteiger partial charge in [0.2, 0.25) is 0 Å². The zero-order valence-electron chi connectivity index (χ0n) is 8.69. The van der Waals surface area contributed by atoms with Gasteiger partial charge in [-0.1, -0.05) is 47.0 Å². The van der Waals surface area contributed by atoms with Crippen LogP contribution in [0.4, 0.5) is 0 Å². The van der Waals surface area contributed by atoms with E-state index in [9.17, 15) is 0 Å². The normalized spacial score (nSPS) is 11.7. The first-order chi connectivity index (χ1) is 5.35. The molecule has 1 nitrogen and oxygen atoms in total. The molecule has 70 valence electrons. The molecule has 0 bridgehead atoms. The molecule has 1 atom stereocenters. The summed E-state index contributed by atoms with van der Waals surface area (Å²) in [7, 11) is 0. The molecule has 0 saturated heterocycles. The molecule has 11 heavy (non-hydrogen) atoms. The van der Waals surface area contributed by atoms with Gasteiger partial charge in [-0.2, -0.15) is 0 Å². The average molecular weight is 159 g/mol. The smallest absolute Gasteiger partial charge is 0.00746 e.